The summed E-state index contributed by atoms with van der Waals surface area (Å²) >= 11 is 0. The summed E-state index contributed by atoms with van der Waals surface area (Å²) in [6.45, 7) is 11.3. The molecule has 2 aliphatic rings. The van der Waals surface area contributed by atoms with Gasteiger partial charge in [0.25, 0.3) is 0 Å². The van der Waals surface area contributed by atoms with E-state index in [1.807, 2.05) is 0 Å². The van der Waals surface area contributed by atoms with Gasteiger partial charge < -0.3 is 10.6 Å². The third-order valence-corrected chi connectivity index (χ3v) is 4.87. The van der Waals surface area contributed by atoms with Gasteiger partial charge >= 0.3 is 0 Å². The molecule has 0 saturated carbocycles. The molecule has 4 nitrogen and oxygen atoms in total. The van der Waals surface area contributed by atoms with Crippen molar-refractivity contribution in [1.29, 1.82) is 0 Å². The molecule has 4 heteroatoms. The fraction of sp³-hybridized carbons (Fsp3) is 0.941. The van der Waals surface area contributed by atoms with Crippen molar-refractivity contribution in [3.8, 4) is 0 Å². The lowest BCUT2D eigenvalue weighted by atomic mass is 9.84. The molecule has 122 valence electrons. The van der Waals surface area contributed by atoms with Crippen LogP contribution < -0.4 is 5.73 Å². The van der Waals surface area contributed by atoms with E-state index in [0.717, 1.165) is 25.9 Å². The molecule has 0 spiro atoms. The largest absolute Gasteiger partial charge is 0.341 e. The van der Waals surface area contributed by atoms with Gasteiger partial charge in [-0.3, -0.25) is 9.69 Å². The molecule has 2 heterocycles. The van der Waals surface area contributed by atoms with Crippen LogP contribution in [0.2, 0.25) is 0 Å². The molecule has 2 aliphatic heterocycles. The first-order chi connectivity index (χ1) is 9.90. The Morgan fingerprint density at radius 3 is 2.43 bits per heavy atom. The van der Waals surface area contributed by atoms with Gasteiger partial charge in [-0.2, -0.15) is 0 Å². The maximum absolute atomic E-state index is 12.7. The van der Waals surface area contributed by atoms with Crippen LogP contribution in [-0.4, -0.2) is 54.5 Å². The summed E-state index contributed by atoms with van der Waals surface area (Å²) in [6, 6.07) is 0.585. The van der Waals surface area contributed by atoms with Crippen molar-refractivity contribution in [2.24, 2.45) is 17.1 Å². The van der Waals surface area contributed by atoms with Crippen molar-refractivity contribution in [1.82, 2.24) is 9.80 Å². The van der Waals surface area contributed by atoms with Gasteiger partial charge in [0, 0.05) is 25.7 Å². The molecule has 21 heavy (non-hydrogen) atoms. The monoisotopic (exact) mass is 295 g/mol. The number of hydrogen-bond donors (Lipinski definition) is 1. The third kappa shape index (κ3) is 4.68. The molecule has 0 aliphatic carbocycles. The van der Waals surface area contributed by atoms with Gasteiger partial charge in [0.15, 0.2) is 0 Å². The number of hydrogen-bond acceptors (Lipinski definition) is 3. The minimum atomic E-state index is -0.00916. The number of likely N-dealkylation sites (tertiary alicyclic amines) is 2. The lowest BCUT2D eigenvalue weighted by Crippen LogP contribution is -2.44. The average molecular weight is 295 g/mol. The number of nitrogens with zero attached hydrogens (tertiary/aromatic N) is 2. The normalized spacial score (nSPS) is 26.1. The number of nitrogens with two attached hydrogens (primary N) is 1. The fourth-order valence-electron chi connectivity index (χ4n) is 3.79. The first-order valence-electron chi connectivity index (χ1n) is 8.63. The van der Waals surface area contributed by atoms with E-state index in [2.05, 4.69) is 30.6 Å². The van der Waals surface area contributed by atoms with E-state index in [-0.39, 0.29) is 17.2 Å². The molecule has 2 saturated heterocycles. The Hall–Kier alpha value is -0.610. The second-order valence-corrected chi connectivity index (χ2v) is 8.02. The van der Waals surface area contributed by atoms with Crippen LogP contribution in [0.1, 0.15) is 52.9 Å². The SMILES string of the molecule is CC(C)(C)CC(CN)C(=O)N1CCC(N2CCCCC2)C1. The van der Waals surface area contributed by atoms with Crippen LogP contribution in [-0.2, 0) is 4.79 Å². The molecule has 2 atom stereocenters. The molecule has 0 aromatic carbocycles. The zero-order chi connectivity index (χ0) is 15.5. The van der Waals surface area contributed by atoms with E-state index < -0.39 is 0 Å². The van der Waals surface area contributed by atoms with Crippen LogP contribution in [0.4, 0.5) is 0 Å². The summed E-state index contributed by atoms with van der Waals surface area (Å²) in [5.41, 5.74) is 6.03. The van der Waals surface area contributed by atoms with Crippen LogP contribution in [0.15, 0.2) is 0 Å². The number of carbonyl (C=O) groups is 1. The highest BCUT2D eigenvalue weighted by atomic mass is 16.2. The molecular weight excluding hydrogens is 262 g/mol. The van der Waals surface area contributed by atoms with Crippen molar-refractivity contribution >= 4 is 5.91 Å². The van der Waals surface area contributed by atoms with Gasteiger partial charge in [0.2, 0.25) is 5.91 Å². The van der Waals surface area contributed by atoms with E-state index in [0.29, 0.717) is 12.6 Å². The zero-order valence-electron chi connectivity index (χ0n) is 14.1. The molecule has 0 bridgehead atoms. The Bertz CT molecular complexity index is 344. The van der Waals surface area contributed by atoms with E-state index in [9.17, 15) is 4.79 Å². The topological polar surface area (TPSA) is 49.6 Å². The van der Waals surface area contributed by atoms with Crippen LogP contribution in [0.25, 0.3) is 0 Å². The summed E-state index contributed by atoms with van der Waals surface area (Å²) in [7, 11) is 0. The standard InChI is InChI=1S/C17H33N3O/c1-17(2,3)11-14(12-18)16(21)20-10-7-15(13-20)19-8-5-4-6-9-19/h14-15H,4-13,18H2,1-3H3. The fourth-order valence-corrected chi connectivity index (χ4v) is 3.79. The molecule has 0 aromatic heterocycles. The van der Waals surface area contributed by atoms with Crippen molar-refractivity contribution in [3.05, 3.63) is 0 Å². The van der Waals surface area contributed by atoms with Gasteiger partial charge in [0.05, 0.1) is 5.92 Å². The van der Waals surface area contributed by atoms with Crippen LogP contribution in [0.5, 0.6) is 0 Å². The van der Waals surface area contributed by atoms with E-state index >= 15 is 0 Å². The van der Waals surface area contributed by atoms with Gasteiger partial charge in [-0.25, -0.2) is 0 Å². The number of rotatable bonds is 4. The Kier molecular flexibility index (Phi) is 5.67. The molecule has 2 N–H and O–H groups in total. The van der Waals surface area contributed by atoms with Crippen molar-refractivity contribution in [2.75, 3.05) is 32.7 Å². The number of carbonyl (C=O) groups excluding carboxylic acids is 1. The van der Waals surface area contributed by atoms with Gasteiger partial charge in [-0.15, -0.1) is 0 Å². The Morgan fingerprint density at radius 1 is 1.19 bits per heavy atom. The molecule has 2 rings (SSSR count). The number of piperidine rings is 1. The second kappa shape index (κ2) is 7.10. The number of amides is 1. The van der Waals surface area contributed by atoms with E-state index in [1.54, 1.807) is 0 Å². The smallest absolute Gasteiger partial charge is 0.227 e. The third-order valence-electron chi connectivity index (χ3n) is 4.87. The van der Waals surface area contributed by atoms with Crippen LogP contribution in [0, 0.1) is 11.3 Å². The predicted molar refractivity (Wildman–Crippen MR) is 87.0 cm³/mol. The summed E-state index contributed by atoms with van der Waals surface area (Å²) in [5.74, 6) is 0.275. The van der Waals surface area contributed by atoms with Crippen LogP contribution >= 0.6 is 0 Å². The quantitative estimate of drug-likeness (QED) is 0.864. The first-order valence-corrected chi connectivity index (χ1v) is 8.63. The van der Waals surface area contributed by atoms with Crippen LogP contribution in [0.3, 0.4) is 0 Å². The Labute approximate surface area is 130 Å². The summed E-state index contributed by atoms with van der Waals surface area (Å²) < 4.78 is 0. The molecule has 0 aromatic rings. The average Bonchev–Trinajstić information content (AvgIpc) is 2.94. The minimum Gasteiger partial charge on any atom is -0.341 e. The maximum Gasteiger partial charge on any atom is 0.227 e. The highest BCUT2D eigenvalue weighted by Gasteiger charge is 2.34. The van der Waals surface area contributed by atoms with E-state index in [1.165, 1.54) is 32.4 Å². The molecule has 0 radical (unpaired) electrons. The zero-order valence-corrected chi connectivity index (χ0v) is 14.1. The lowest BCUT2D eigenvalue weighted by molar-refractivity contribution is -0.135. The highest BCUT2D eigenvalue weighted by Crippen LogP contribution is 2.27. The van der Waals surface area contributed by atoms with Gasteiger partial charge in [-0.05, 0) is 44.2 Å². The summed E-state index contributed by atoms with van der Waals surface area (Å²) in [5, 5.41) is 0. The summed E-state index contributed by atoms with van der Waals surface area (Å²) in [6.07, 6.45) is 6.03. The molecule has 2 unspecified atom stereocenters. The highest BCUT2D eigenvalue weighted by molar-refractivity contribution is 5.79. The first kappa shape index (κ1) is 16.8. The van der Waals surface area contributed by atoms with Crippen molar-refractivity contribution in [2.45, 2.75) is 58.9 Å². The summed E-state index contributed by atoms with van der Waals surface area (Å²) in [4.78, 5) is 17.4. The van der Waals surface area contributed by atoms with Gasteiger partial charge in [0.1, 0.15) is 0 Å². The second-order valence-electron chi connectivity index (χ2n) is 8.02. The molecule has 1 amide bonds. The van der Waals surface area contributed by atoms with Crippen molar-refractivity contribution in [3.63, 3.8) is 0 Å². The molecule has 2 fully saturated rings. The Morgan fingerprint density at radius 2 is 1.86 bits per heavy atom. The van der Waals surface area contributed by atoms with E-state index in [4.69, 9.17) is 5.73 Å². The molecular formula is C17H33N3O. The maximum atomic E-state index is 12.7. The van der Waals surface area contributed by atoms with Gasteiger partial charge in [-0.1, -0.05) is 27.2 Å². The predicted octanol–water partition coefficient (Wildman–Crippen LogP) is 2.08. The van der Waals surface area contributed by atoms with Crippen molar-refractivity contribution < 1.29 is 4.79 Å². The minimum absolute atomic E-state index is 0.00916. The Balaban J connectivity index is 1.88. The lowest BCUT2D eigenvalue weighted by Gasteiger charge is -2.32.